The number of benzene rings is 2. The molecule has 3 aliphatic rings. The molecule has 33 heavy (non-hydrogen) atoms. The number of ether oxygens (including phenoxy) is 2. The maximum atomic E-state index is 13.5. The van der Waals surface area contributed by atoms with Crippen molar-refractivity contribution in [2.75, 3.05) is 19.9 Å². The SMILES string of the molecule is CC(C)(C)c1ccc(-c2nc(C34COC(CF)(C3)C4)n(CCOCc3ccccc3)n2)cc1. The third-order valence-corrected chi connectivity index (χ3v) is 6.93. The van der Waals surface area contributed by atoms with Crippen LogP contribution in [0.25, 0.3) is 11.4 Å². The van der Waals surface area contributed by atoms with Gasteiger partial charge in [-0.2, -0.15) is 5.10 Å². The number of nitrogens with zero attached hydrogens (tertiary/aromatic N) is 3. The molecule has 0 N–H and O–H groups in total. The molecule has 174 valence electrons. The molecule has 1 aliphatic carbocycles. The van der Waals surface area contributed by atoms with Gasteiger partial charge < -0.3 is 9.47 Å². The molecule has 0 atom stereocenters. The second kappa shape index (κ2) is 8.33. The maximum Gasteiger partial charge on any atom is 0.181 e. The summed E-state index contributed by atoms with van der Waals surface area (Å²) in [5.74, 6) is 1.59. The fourth-order valence-corrected chi connectivity index (χ4v) is 5.08. The van der Waals surface area contributed by atoms with E-state index in [1.54, 1.807) is 0 Å². The van der Waals surface area contributed by atoms with Crippen molar-refractivity contribution in [1.82, 2.24) is 14.8 Å². The monoisotopic (exact) mass is 449 g/mol. The van der Waals surface area contributed by atoms with Gasteiger partial charge in [-0.15, -0.1) is 0 Å². The molecule has 0 unspecified atom stereocenters. The summed E-state index contributed by atoms with van der Waals surface area (Å²) < 4.78 is 27.2. The van der Waals surface area contributed by atoms with Crippen LogP contribution in [0.5, 0.6) is 0 Å². The molecule has 3 aromatic rings. The van der Waals surface area contributed by atoms with Crippen molar-refractivity contribution < 1.29 is 13.9 Å². The van der Waals surface area contributed by atoms with Crippen molar-refractivity contribution in [2.45, 2.75) is 63.2 Å². The molecule has 6 rings (SSSR count). The van der Waals surface area contributed by atoms with E-state index in [4.69, 9.17) is 19.6 Å². The lowest BCUT2D eigenvalue weighted by molar-refractivity contribution is -0.0245. The summed E-state index contributed by atoms with van der Waals surface area (Å²) in [6.45, 7) is 8.36. The number of hydrogen-bond donors (Lipinski definition) is 0. The largest absolute Gasteiger partial charge is 0.375 e. The van der Waals surface area contributed by atoms with E-state index in [0.717, 1.165) is 17.0 Å². The lowest BCUT2D eigenvalue weighted by Gasteiger charge is -2.42. The van der Waals surface area contributed by atoms with Crippen LogP contribution in [0.1, 0.15) is 50.6 Å². The van der Waals surface area contributed by atoms with Gasteiger partial charge in [-0.1, -0.05) is 75.4 Å². The lowest BCUT2D eigenvalue weighted by Crippen LogP contribution is -2.49. The summed E-state index contributed by atoms with van der Waals surface area (Å²) in [7, 11) is 0. The maximum absolute atomic E-state index is 13.5. The van der Waals surface area contributed by atoms with Crippen LogP contribution in [0.15, 0.2) is 54.6 Å². The van der Waals surface area contributed by atoms with E-state index in [1.165, 1.54) is 5.56 Å². The van der Waals surface area contributed by atoms with E-state index >= 15 is 0 Å². The highest BCUT2D eigenvalue weighted by molar-refractivity contribution is 5.56. The summed E-state index contributed by atoms with van der Waals surface area (Å²) >= 11 is 0. The Balaban J connectivity index is 1.36. The van der Waals surface area contributed by atoms with E-state index < -0.39 is 12.3 Å². The van der Waals surface area contributed by atoms with Crippen LogP contribution < -0.4 is 0 Å². The number of rotatable bonds is 8. The average molecular weight is 450 g/mol. The van der Waals surface area contributed by atoms with Gasteiger partial charge in [0.1, 0.15) is 12.5 Å². The number of hydrogen-bond acceptors (Lipinski definition) is 4. The smallest absolute Gasteiger partial charge is 0.181 e. The summed E-state index contributed by atoms with van der Waals surface area (Å²) in [5.41, 5.74) is 2.63. The zero-order chi connectivity index (χ0) is 23.1. The van der Waals surface area contributed by atoms with Gasteiger partial charge >= 0.3 is 0 Å². The van der Waals surface area contributed by atoms with Crippen molar-refractivity contribution >= 4 is 0 Å². The molecule has 6 heteroatoms. The predicted octanol–water partition coefficient (Wildman–Crippen LogP) is 5.23. The highest BCUT2D eigenvalue weighted by Crippen LogP contribution is 2.58. The second-order valence-electron chi connectivity index (χ2n) is 10.6. The third kappa shape index (κ3) is 4.22. The molecule has 2 aromatic carbocycles. The molecule has 0 spiro atoms. The number of fused-ring (bicyclic) bond motifs is 1. The first kappa shape index (κ1) is 22.2. The van der Waals surface area contributed by atoms with Gasteiger partial charge in [-0.3, -0.25) is 0 Å². The Bertz CT molecular complexity index is 1100. The standard InChI is InChI=1S/C27H32FN3O2/c1-25(2,3)22-11-9-21(10-12-22)23-29-24(26-16-27(17-26,18-28)33-19-26)31(30-23)13-14-32-15-20-7-5-4-6-8-20/h4-12H,13-19H2,1-3H3. The Morgan fingerprint density at radius 2 is 1.79 bits per heavy atom. The predicted molar refractivity (Wildman–Crippen MR) is 126 cm³/mol. The first-order chi connectivity index (χ1) is 15.8. The van der Waals surface area contributed by atoms with Crippen LogP contribution in [-0.4, -0.2) is 40.3 Å². The van der Waals surface area contributed by atoms with E-state index in [9.17, 15) is 4.39 Å². The quantitative estimate of drug-likeness (QED) is 0.442. The molecular formula is C27H32FN3O2. The molecule has 0 amide bonds. The minimum atomic E-state index is -0.616. The minimum Gasteiger partial charge on any atom is -0.375 e. The highest BCUT2D eigenvalue weighted by atomic mass is 19.1. The zero-order valence-electron chi connectivity index (χ0n) is 19.7. The Hall–Kier alpha value is -2.57. The Morgan fingerprint density at radius 3 is 2.42 bits per heavy atom. The van der Waals surface area contributed by atoms with E-state index in [0.29, 0.717) is 45.0 Å². The fourth-order valence-electron chi connectivity index (χ4n) is 5.08. The number of halogens is 1. The molecule has 2 bridgehead atoms. The van der Waals surface area contributed by atoms with Crippen LogP contribution in [0.4, 0.5) is 4.39 Å². The van der Waals surface area contributed by atoms with Crippen molar-refractivity contribution in [3.63, 3.8) is 0 Å². The van der Waals surface area contributed by atoms with Crippen molar-refractivity contribution in [2.24, 2.45) is 0 Å². The van der Waals surface area contributed by atoms with Gasteiger partial charge in [0, 0.05) is 5.56 Å². The van der Waals surface area contributed by atoms with Crippen LogP contribution in [0.3, 0.4) is 0 Å². The highest BCUT2D eigenvalue weighted by Gasteiger charge is 2.65. The average Bonchev–Trinajstić information content (AvgIpc) is 3.49. The van der Waals surface area contributed by atoms with Crippen LogP contribution >= 0.6 is 0 Å². The fraction of sp³-hybridized carbons (Fsp3) is 0.481. The van der Waals surface area contributed by atoms with Gasteiger partial charge in [0.05, 0.1) is 37.4 Å². The third-order valence-electron chi connectivity index (χ3n) is 6.93. The Morgan fingerprint density at radius 1 is 1.06 bits per heavy atom. The molecule has 3 heterocycles. The lowest BCUT2D eigenvalue weighted by atomic mass is 9.62. The first-order valence-corrected chi connectivity index (χ1v) is 11.7. The first-order valence-electron chi connectivity index (χ1n) is 11.7. The molecule has 5 nitrogen and oxygen atoms in total. The Kier molecular flexibility index (Phi) is 5.61. The van der Waals surface area contributed by atoms with Gasteiger partial charge in [-0.25, -0.2) is 14.1 Å². The normalized spacial score (nSPS) is 24.1. The van der Waals surface area contributed by atoms with Gasteiger partial charge in [0.2, 0.25) is 0 Å². The summed E-state index contributed by atoms with van der Waals surface area (Å²) in [4.78, 5) is 4.96. The van der Waals surface area contributed by atoms with E-state index in [1.807, 2.05) is 22.9 Å². The molecule has 2 saturated heterocycles. The van der Waals surface area contributed by atoms with Crippen molar-refractivity contribution in [1.29, 1.82) is 0 Å². The minimum absolute atomic E-state index is 0.0916. The van der Waals surface area contributed by atoms with Gasteiger partial charge in [-0.05, 0) is 29.4 Å². The van der Waals surface area contributed by atoms with Crippen LogP contribution in [0.2, 0.25) is 0 Å². The van der Waals surface area contributed by atoms with Crippen LogP contribution in [0, 0.1) is 0 Å². The van der Waals surface area contributed by atoms with Crippen molar-refractivity contribution in [3.05, 3.63) is 71.5 Å². The summed E-state index contributed by atoms with van der Waals surface area (Å²) in [6.07, 6.45) is 1.34. The zero-order valence-corrected chi connectivity index (χ0v) is 19.7. The Labute approximate surface area is 194 Å². The number of aromatic nitrogens is 3. The van der Waals surface area contributed by atoms with E-state index in [-0.39, 0.29) is 10.8 Å². The molecule has 1 aromatic heterocycles. The molecule has 0 radical (unpaired) electrons. The summed E-state index contributed by atoms with van der Waals surface area (Å²) in [5, 5.41) is 4.86. The molecule has 1 saturated carbocycles. The van der Waals surface area contributed by atoms with Crippen molar-refractivity contribution in [3.8, 4) is 11.4 Å². The van der Waals surface area contributed by atoms with Gasteiger partial charge in [0.25, 0.3) is 0 Å². The number of alkyl halides is 1. The van der Waals surface area contributed by atoms with Gasteiger partial charge in [0.15, 0.2) is 5.82 Å². The molecule has 3 fully saturated rings. The molecular weight excluding hydrogens is 417 g/mol. The molecule has 2 aliphatic heterocycles. The topological polar surface area (TPSA) is 49.2 Å². The van der Waals surface area contributed by atoms with Crippen LogP contribution in [-0.2, 0) is 33.5 Å². The second-order valence-corrected chi connectivity index (χ2v) is 10.6. The van der Waals surface area contributed by atoms with E-state index in [2.05, 4.69) is 57.2 Å². The summed E-state index contributed by atoms with van der Waals surface area (Å²) in [6, 6.07) is 18.6.